The Morgan fingerprint density at radius 1 is 1.36 bits per heavy atom. The molecule has 0 heterocycles. The summed E-state index contributed by atoms with van der Waals surface area (Å²) >= 11 is 0. The molecule has 0 N–H and O–H groups in total. The second-order valence-electron chi connectivity index (χ2n) is 3.73. The number of hydrogen-bond acceptors (Lipinski definition) is 0. The first kappa shape index (κ1) is 8.62. The first-order valence-electron chi connectivity index (χ1n) is 3.47. The lowest BCUT2D eigenvalue weighted by atomic mass is 9.95. The number of halogens is 3. The molecule has 0 bridgehead atoms. The van der Waals surface area contributed by atoms with Gasteiger partial charge in [-0.2, -0.15) is 13.2 Å². The Kier molecular flexibility index (Phi) is 1.43. The SMILES string of the molecule is C=CC1(C(F)(F)F)CC1(C)C. The van der Waals surface area contributed by atoms with Gasteiger partial charge in [-0.3, -0.25) is 0 Å². The zero-order valence-electron chi connectivity index (χ0n) is 6.63. The van der Waals surface area contributed by atoms with Crippen molar-refractivity contribution in [2.45, 2.75) is 26.4 Å². The fourth-order valence-electron chi connectivity index (χ4n) is 1.60. The average Bonchev–Trinajstić information content (AvgIpc) is 2.33. The summed E-state index contributed by atoms with van der Waals surface area (Å²) in [5.41, 5.74) is -2.26. The van der Waals surface area contributed by atoms with Crippen LogP contribution in [0.5, 0.6) is 0 Å². The fourth-order valence-corrected chi connectivity index (χ4v) is 1.60. The van der Waals surface area contributed by atoms with Gasteiger partial charge in [-0.1, -0.05) is 19.9 Å². The Morgan fingerprint density at radius 3 is 1.73 bits per heavy atom. The van der Waals surface area contributed by atoms with Crippen molar-refractivity contribution < 1.29 is 13.2 Å². The van der Waals surface area contributed by atoms with Gasteiger partial charge in [-0.25, -0.2) is 0 Å². The van der Waals surface area contributed by atoms with Gasteiger partial charge in [-0.05, 0) is 11.8 Å². The maximum atomic E-state index is 12.3. The van der Waals surface area contributed by atoms with Crippen LogP contribution in [-0.4, -0.2) is 6.18 Å². The van der Waals surface area contributed by atoms with Crippen molar-refractivity contribution in [2.75, 3.05) is 0 Å². The lowest BCUT2D eigenvalue weighted by Gasteiger charge is -2.19. The summed E-state index contributed by atoms with van der Waals surface area (Å²) < 4.78 is 37.0. The second-order valence-corrected chi connectivity index (χ2v) is 3.73. The Balaban J connectivity index is 2.93. The average molecular weight is 164 g/mol. The van der Waals surface area contributed by atoms with Gasteiger partial charge in [0.1, 0.15) is 0 Å². The van der Waals surface area contributed by atoms with Gasteiger partial charge in [0.05, 0.1) is 5.41 Å². The number of hydrogen-bond donors (Lipinski definition) is 0. The Hall–Kier alpha value is -0.470. The van der Waals surface area contributed by atoms with Gasteiger partial charge >= 0.3 is 6.18 Å². The lowest BCUT2D eigenvalue weighted by molar-refractivity contribution is -0.181. The molecule has 1 fully saturated rings. The maximum absolute atomic E-state index is 12.3. The Bertz CT molecular complexity index is 190. The highest BCUT2D eigenvalue weighted by atomic mass is 19.4. The van der Waals surface area contributed by atoms with Crippen molar-refractivity contribution in [3.8, 4) is 0 Å². The van der Waals surface area contributed by atoms with Crippen molar-refractivity contribution >= 4 is 0 Å². The van der Waals surface area contributed by atoms with E-state index < -0.39 is 17.0 Å². The third-order valence-electron chi connectivity index (χ3n) is 2.66. The minimum atomic E-state index is -4.13. The van der Waals surface area contributed by atoms with E-state index in [9.17, 15) is 13.2 Å². The molecular weight excluding hydrogens is 153 g/mol. The monoisotopic (exact) mass is 164 g/mol. The third kappa shape index (κ3) is 0.898. The van der Waals surface area contributed by atoms with Crippen LogP contribution in [0.25, 0.3) is 0 Å². The van der Waals surface area contributed by atoms with E-state index in [1.54, 1.807) is 13.8 Å². The normalized spacial score (nSPS) is 35.0. The van der Waals surface area contributed by atoms with E-state index in [1.807, 2.05) is 0 Å². The molecule has 0 radical (unpaired) electrons. The first-order chi connectivity index (χ1) is 4.77. The van der Waals surface area contributed by atoms with Crippen molar-refractivity contribution in [3.63, 3.8) is 0 Å². The van der Waals surface area contributed by atoms with E-state index in [0.717, 1.165) is 6.08 Å². The van der Waals surface area contributed by atoms with Crippen LogP contribution in [0.4, 0.5) is 13.2 Å². The van der Waals surface area contributed by atoms with E-state index in [1.165, 1.54) is 0 Å². The van der Waals surface area contributed by atoms with Crippen LogP contribution in [0.1, 0.15) is 20.3 Å². The number of rotatable bonds is 1. The molecule has 1 aliphatic rings. The number of allylic oxidation sites excluding steroid dienone is 1. The largest absolute Gasteiger partial charge is 0.398 e. The zero-order valence-corrected chi connectivity index (χ0v) is 6.63. The van der Waals surface area contributed by atoms with Crippen molar-refractivity contribution in [1.29, 1.82) is 0 Å². The van der Waals surface area contributed by atoms with E-state index in [4.69, 9.17) is 0 Å². The smallest absolute Gasteiger partial charge is 0.170 e. The van der Waals surface area contributed by atoms with Crippen LogP contribution in [0.3, 0.4) is 0 Å². The highest BCUT2D eigenvalue weighted by Gasteiger charge is 2.73. The highest BCUT2D eigenvalue weighted by Crippen LogP contribution is 2.71. The number of alkyl halides is 3. The summed E-state index contributed by atoms with van der Waals surface area (Å²) in [6.45, 7) is 6.46. The molecular formula is C8H11F3. The minimum absolute atomic E-state index is 0.174. The zero-order chi connectivity index (χ0) is 8.91. The summed E-state index contributed by atoms with van der Waals surface area (Å²) in [6, 6.07) is 0. The van der Waals surface area contributed by atoms with E-state index >= 15 is 0 Å². The molecule has 1 aliphatic carbocycles. The molecule has 0 aromatic carbocycles. The minimum Gasteiger partial charge on any atom is -0.170 e. The molecule has 0 nitrogen and oxygen atoms in total. The van der Waals surface area contributed by atoms with Gasteiger partial charge in [0.2, 0.25) is 0 Å². The summed E-state index contributed by atoms with van der Waals surface area (Å²) in [5, 5.41) is 0. The molecule has 0 aromatic heterocycles. The molecule has 0 aromatic rings. The Labute approximate surface area is 64.1 Å². The quantitative estimate of drug-likeness (QED) is 0.522. The van der Waals surface area contributed by atoms with Crippen LogP contribution in [0.15, 0.2) is 12.7 Å². The molecule has 0 aliphatic heterocycles. The first-order valence-corrected chi connectivity index (χ1v) is 3.47. The van der Waals surface area contributed by atoms with E-state index in [0.29, 0.717) is 0 Å². The summed E-state index contributed by atoms with van der Waals surface area (Å²) in [7, 11) is 0. The maximum Gasteiger partial charge on any atom is 0.398 e. The van der Waals surface area contributed by atoms with Crippen LogP contribution in [-0.2, 0) is 0 Å². The molecule has 1 unspecified atom stereocenters. The van der Waals surface area contributed by atoms with Crippen molar-refractivity contribution in [2.24, 2.45) is 10.8 Å². The summed E-state index contributed by atoms with van der Waals surface area (Å²) in [4.78, 5) is 0. The van der Waals surface area contributed by atoms with E-state index in [-0.39, 0.29) is 6.42 Å². The molecule has 1 atom stereocenters. The summed E-state index contributed by atoms with van der Waals surface area (Å²) in [5.74, 6) is 0. The molecule has 64 valence electrons. The van der Waals surface area contributed by atoms with Crippen LogP contribution in [0, 0.1) is 10.8 Å². The van der Waals surface area contributed by atoms with Crippen molar-refractivity contribution in [1.82, 2.24) is 0 Å². The molecule has 0 spiro atoms. The van der Waals surface area contributed by atoms with Crippen LogP contribution >= 0.6 is 0 Å². The standard InChI is InChI=1S/C8H11F3/c1-4-7(8(9,10)11)5-6(7,2)3/h4H,1,5H2,2-3H3. The molecule has 11 heavy (non-hydrogen) atoms. The fraction of sp³-hybridized carbons (Fsp3) is 0.750. The van der Waals surface area contributed by atoms with Gasteiger partial charge in [0.25, 0.3) is 0 Å². The van der Waals surface area contributed by atoms with Gasteiger partial charge in [0, 0.05) is 0 Å². The highest BCUT2D eigenvalue weighted by molar-refractivity contribution is 5.21. The lowest BCUT2D eigenvalue weighted by Crippen LogP contribution is -2.26. The van der Waals surface area contributed by atoms with Crippen molar-refractivity contribution in [3.05, 3.63) is 12.7 Å². The van der Waals surface area contributed by atoms with E-state index in [2.05, 4.69) is 6.58 Å². The molecule has 1 rings (SSSR count). The Morgan fingerprint density at radius 2 is 1.73 bits per heavy atom. The predicted octanol–water partition coefficient (Wildman–Crippen LogP) is 3.15. The van der Waals surface area contributed by atoms with Crippen LogP contribution in [0.2, 0.25) is 0 Å². The van der Waals surface area contributed by atoms with Crippen LogP contribution < -0.4 is 0 Å². The molecule has 3 heteroatoms. The topological polar surface area (TPSA) is 0 Å². The predicted molar refractivity (Wildman–Crippen MR) is 37.1 cm³/mol. The molecule has 1 saturated carbocycles. The second kappa shape index (κ2) is 1.82. The van der Waals surface area contributed by atoms with Gasteiger partial charge < -0.3 is 0 Å². The molecule has 0 amide bonds. The van der Waals surface area contributed by atoms with Gasteiger partial charge in [0.15, 0.2) is 0 Å². The van der Waals surface area contributed by atoms with Gasteiger partial charge in [-0.15, -0.1) is 6.58 Å². The molecule has 0 saturated heterocycles. The third-order valence-corrected chi connectivity index (χ3v) is 2.66. The summed E-state index contributed by atoms with van der Waals surface area (Å²) in [6.07, 6.45) is -2.92.